The summed E-state index contributed by atoms with van der Waals surface area (Å²) in [6, 6.07) is 0. The molecular weight excluding hydrogens is 248 g/mol. The first-order chi connectivity index (χ1) is 7.75. The van der Waals surface area contributed by atoms with E-state index >= 15 is 0 Å². The summed E-state index contributed by atoms with van der Waals surface area (Å²) >= 11 is 0. The third-order valence-electron chi connectivity index (χ3n) is 2.24. The standard InChI is InChI=1S/C9H14N2O5S/c1-5(9(12)13)4-10-17(14,15)8-6(2)11-16-7(8)3/h5,10H,4H2,1-3H3,(H,12,13). The smallest absolute Gasteiger partial charge is 0.307 e. The highest BCUT2D eigenvalue weighted by molar-refractivity contribution is 7.89. The van der Waals surface area contributed by atoms with Gasteiger partial charge in [-0.3, -0.25) is 4.79 Å². The molecule has 0 radical (unpaired) electrons. The molecule has 1 aromatic rings. The molecule has 0 amide bonds. The number of rotatable bonds is 5. The molecule has 1 heterocycles. The summed E-state index contributed by atoms with van der Waals surface area (Å²) in [5.41, 5.74) is 0.248. The van der Waals surface area contributed by atoms with Gasteiger partial charge in [-0.05, 0) is 13.8 Å². The van der Waals surface area contributed by atoms with Crippen molar-refractivity contribution in [1.29, 1.82) is 0 Å². The van der Waals surface area contributed by atoms with Gasteiger partial charge in [0, 0.05) is 6.54 Å². The molecule has 1 unspecified atom stereocenters. The fourth-order valence-corrected chi connectivity index (χ4v) is 2.71. The number of hydrogen-bond donors (Lipinski definition) is 2. The van der Waals surface area contributed by atoms with Gasteiger partial charge in [-0.2, -0.15) is 0 Å². The van der Waals surface area contributed by atoms with E-state index in [1.165, 1.54) is 20.8 Å². The monoisotopic (exact) mass is 262 g/mol. The Hall–Kier alpha value is -1.41. The number of hydrogen-bond acceptors (Lipinski definition) is 5. The third-order valence-corrected chi connectivity index (χ3v) is 3.90. The minimum atomic E-state index is -3.78. The highest BCUT2D eigenvalue weighted by atomic mass is 32.2. The van der Waals surface area contributed by atoms with Gasteiger partial charge >= 0.3 is 5.97 Å². The van der Waals surface area contributed by atoms with Gasteiger partial charge in [0.25, 0.3) is 0 Å². The second kappa shape index (κ2) is 4.84. The summed E-state index contributed by atoms with van der Waals surface area (Å²) in [5, 5.41) is 12.2. The van der Waals surface area contributed by atoms with Crippen molar-refractivity contribution in [3.05, 3.63) is 11.5 Å². The van der Waals surface area contributed by atoms with Crippen molar-refractivity contribution in [2.24, 2.45) is 5.92 Å². The molecule has 8 heteroatoms. The fourth-order valence-electron chi connectivity index (χ4n) is 1.25. The Balaban J connectivity index is 2.87. The Labute approximate surface area is 98.9 Å². The number of carbonyl (C=O) groups is 1. The van der Waals surface area contributed by atoms with Gasteiger partial charge in [-0.25, -0.2) is 13.1 Å². The van der Waals surface area contributed by atoms with Gasteiger partial charge in [-0.1, -0.05) is 12.1 Å². The first kappa shape index (κ1) is 13.7. The fraction of sp³-hybridized carbons (Fsp3) is 0.556. The minimum Gasteiger partial charge on any atom is -0.481 e. The van der Waals surface area contributed by atoms with Crippen LogP contribution in [0.1, 0.15) is 18.4 Å². The molecule has 0 spiro atoms. The van der Waals surface area contributed by atoms with E-state index in [1.807, 2.05) is 0 Å². The van der Waals surface area contributed by atoms with E-state index in [1.54, 1.807) is 0 Å². The van der Waals surface area contributed by atoms with Crippen molar-refractivity contribution < 1.29 is 22.8 Å². The molecule has 0 aromatic carbocycles. The Kier molecular flexibility index (Phi) is 3.89. The average molecular weight is 262 g/mol. The molecule has 0 saturated heterocycles. The van der Waals surface area contributed by atoms with E-state index in [9.17, 15) is 13.2 Å². The van der Waals surface area contributed by atoms with E-state index in [4.69, 9.17) is 9.63 Å². The molecule has 2 N–H and O–H groups in total. The Morgan fingerprint density at radius 3 is 2.53 bits per heavy atom. The van der Waals surface area contributed by atoms with Crippen molar-refractivity contribution >= 4 is 16.0 Å². The van der Waals surface area contributed by atoms with Crippen LogP contribution < -0.4 is 4.72 Å². The van der Waals surface area contributed by atoms with Crippen LogP contribution in [0.2, 0.25) is 0 Å². The SMILES string of the molecule is Cc1noc(C)c1S(=O)(=O)NCC(C)C(=O)O. The normalized spacial score (nSPS) is 13.6. The Morgan fingerprint density at radius 2 is 2.12 bits per heavy atom. The predicted molar refractivity (Wildman–Crippen MR) is 58.0 cm³/mol. The van der Waals surface area contributed by atoms with E-state index in [0.29, 0.717) is 0 Å². The predicted octanol–water partition coefficient (Wildman–Crippen LogP) is 0.290. The molecule has 0 aliphatic heterocycles. The highest BCUT2D eigenvalue weighted by Gasteiger charge is 2.25. The van der Waals surface area contributed by atoms with Gasteiger partial charge in [0.2, 0.25) is 10.0 Å². The molecule has 17 heavy (non-hydrogen) atoms. The molecule has 0 aliphatic carbocycles. The first-order valence-corrected chi connectivity index (χ1v) is 6.39. The van der Waals surface area contributed by atoms with Crippen molar-refractivity contribution in [2.75, 3.05) is 6.54 Å². The summed E-state index contributed by atoms with van der Waals surface area (Å²) in [6.07, 6.45) is 0. The minimum absolute atomic E-state index is 0.0323. The molecular formula is C9H14N2O5S. The maximum absolute atomic E-state index is 11.9. The molecule has 0 aliphatic rings. The number of carboxylic acids is 1. The van der Waals surface area contributed by atoms with Gasteiger partial charge in [0.05, 0.1) is 5.92 Å². The van der Waals surface area contributed by atoms with Crippen molar-refractivity contribution in [3.8, 4) is 0 Å². The first-order valence-electron chi connectivity index (χ1n) is 4.91. The lowest BCUT2D eigenvalue weighted by molar-refractivity contribution is -0.140. The Bertz CT molecular complexity index is 500. The van der Waals surface area contributed by atoms with E-state index in [2.05, 4.69) is 9.88 Å². The number of nitrogens with zero attached hydrogens (tertiary/aromatic N) is 1. The molecule has 0 fully saturated rings. The second-order valence-corrected chi connectivity index (χ2v) is 5.45. The molecule has 1 rings (SSSR count). The van der Waals surface area contributed by atoms with Crippen LogP contribution in [0.5, 0.6) is 0 Å². The quantitative estimate of drug-likeness (QED) is 0.789. The van der Waals surface area contributed by atoms with Gasteiger partial charge in [0.15, 0.2) is 5.76 Å². The third kappa shape index (κ3) is 3.04. The lowest BCUT2D eigenvalue weighted by atomic mass is 10.2. The summed E-state index contributed by atoms with van der Waals surface area (Å²) in [6.45, 7) is 4.22. The van der Waals surface area contributed by atoms with Crippen LogP contribution in [0.4, 0.5) is 0 Å². The molecule has 1 atom stereocenters. The number of sulfonamides is 1. The number of aryl methyl sites for hydroxylation is 2. The number of carboxylic acid groups (broad SMARTS) is 1. The number of aromatic nitrogens is 1. The van der Waals surface area contributed by atoms with Gasteiger partial charge < -0.3 is 9.63 Å². The summed E-state index contributed by atoms with van der Waals surface area (Å²) in [7, 11) is -3.78. The van der Waals surface area contributed by atoms with Crippen LogP contribution >= 0.6 is 0 Å². The Morgan fingerprint density at radius 1 is 1.53 bits per heavy atom. The van der Waals surface area contributed by atoms with Crippen molar-refractivity contribution in [3.63, 3.8) is 0 Å². The van der Waals surface area contributed by atoms with Gasteiger partial charge in [0.1, 0.15) is 10.6 Å². The molecule has 0 bridgehead atoms. The highest BCUT2D eigenvalue weighted by Crippen LogP contribution is 2.18. The lowest BCUT2D eigenvalue weighted by Crippen LogP contribution is -2.32. The molecule has 1 aromatic heterocycles. The average Bonchev–Trinajstić information content (AvgIpc) is 2.55. The summed E-state index contributed by atoms with van der Waals surface area (Å²) in [4.78, 5) is 10.5. The van der Waals surface area contributed by atoms with Crippen LogP contribution in [0.15, 0.2) is 9.42 Å². The van der Waals surface area contributed by atoms with E-state index in [-0.39, 0.29) is 22.9 Å². The number of nitrogens with one attached hydrogen (secondary N) is 1. The van der Waals surface area contributed by atoms with Crippen LogP contribution in [0.25, 0.3) is 0 Å². The molecule has 0 saturated carbocycles. The zero-order valence-corrected chi connectivity index (χ0v) is 10.5. The van der Waals surface area contributed by atoms with Crippen LogP contribution in [-0.2, 0) is 14.8 Å². The van der Waals surface area contributed by atoms with Gasteiger partial charge in [-0.15, -0.1) is 0 Å². The lowest BCUT2D eigenvalue weighted by Gasteiger charge is -2.08. The maximum Gasteiger partial charge on any atom is 0.307 e. The van der Waals surface area contributed by atoms with Crippen molar-refractivity contribution in [2.45, 2.75) is 25.7 Å². The molecule has 96 valence electrons. The zero-order chi connectivity index (χ0) is 13.2. The van der Waals surface area contributed by atoms with Crippen LogP contribution in [0, 0.1) is 19.8 Å². The van der Waals surface area contributed by atoms with Crippen molar-refractivity contribution in [1.82, 2.24) is 9.88 Å². The largest absolute Gasteiger partial charge is 0.481 e. The summed E-state index contributed by atoms with van der Waals surface area (Å²) in [5.74, 6) is -1.69. The number of aliphatic carboxylic acids is 1. The van der Waals surface area contributed by atoms with E-state index < -0.39 is 21.9 Å². The second-order valence-electron chi connectivity index (χ2n) is 3.74. The van der Waals surface area contributed by atoms with E-state index in [0.717, 1.165) is 0 Å². The van der Waals surface area contributed by atoms with Crippen LogP contribution in [-0.4, -0.2) is 31.2 Å². The molecule has 7 nitrogen and oxygen atoms in total. The maximum atomic E-state index is 11.9. The van der Waals surface area contributed by atoms with Crippen LogP contribution in [0.3, 0.4) is 0 Å². The summed E-state index contributed by atoms with van der Waals surface area (Å²) < 4.78 is 30.7. The zero-order valence-electron chi connectivity index (χ0n) is 9.72. The topological polar surface area (TPSA) is 110 Å².